The van der Waals surface area contributed by atoms with Crippen molar-refractivity contribution < 1.29 is 13.5 Å². The molecule has 0 aromatic heterocycles. The highest BCUT2D eigenvalue weighted by molar-refractivity contribution is 7.90. The minimum atomic E-state index is -3.31. The number of rotatable bonds is 4. The van der Waals surface area contributed by atoms with Crippen molar-refractivity contribution >= 4 is 10.0 Å². The summed E-state index contributed by atoms with van der Waals surface area (Å²) in [6, 6.07) is 0.0859. The Bertz CT molecular complexity index is 257. The molecule has 1 rings (SSSR count). The maximum Gasteiger partial charge on any atom is 0.216 e. The molecule has 1 saturated carbocycles. The fraction of sp³-hybridized carbons (Fsp3) is 1.00. The Hall–Kier alpha value is -0.130. The lowest BCUT2D eigenvalue weighted by atomic mass is 9.96. The highest BCUT2D eigenvalue weighted by Gasteiger charge is 2.24. The summed E-state index contributed by atoms with van der Waals surface area (Å²) in [4.78, 5) is 0. The molecule has 0 heterocycles. The van der Waals surface area contributed by atoms with Crippen molar-refractivity contribution in [1.29, 1.82) is 0 Å². The SMILES string of the molecule is CC(CO)S(=O)(=O)NC1CCCCC1. The lowest BCUT2D eigenvalue weighted by Crippen LogP contribution is -2.42. The highest BCUT2D eigenvalue weighted by Crippen LogP contribution is 2.18. The highest BCUT2D eigenvalue weighted by atomic mass is 32.2. The van der Waals surface area contributed by atoms with Gasteiger partial charge < -0.3 is 5.11 Å². The van der Waals surface area contributed by atoms with E-state index in [-0.39, 0.29) is 12.6 Å². The van der Waals surface area contributed by atoms with Crippen molar-refractivity contribution in [2.75, 3.05) is 6.61 Å². The molecule has 0 aromatic carbocycles. The van der Waals surface area contributed by atoms with Crippen LogP contribution in [0.25, 0.3) is 0 Å². The zero-order chi connectivity index (χ0) is 10.6. The van der Waals surface area contributed by atoms with Gasteiger partial charge in [0.05, 0.1) is 11.9 Å². The van der Waals surface area contributed by atoms with Crippen molar-refractivity contribution in [2.24, 2.45) is 0 Å². The standard InChI is InChI=1S/C9H19NO3S/c1-8(7-11)14(12,13)10-9-5-3-2-4-6-9/h8-11H,2-7H2,1H3. The molecule has 5 heteroatoms. The van der Waals surface area contributed by atoms with E-state index in [4.69, 9.17) is 5.11 Å². The van der Waals surface area contributed by atoms with Gasteiger partial charge in [0, 0.05) is 6.04 Å². The molecule has 0 radical (unpaired) electrons. The Morgan fingerprint density at radius 3 is 2.43 bits per heavy atom. The monoisotopic (exact) mass is 221 g/mol. The van der Waals surface area contributed by atoms with Gasteiger partial charge in [-0.05, 0) is 19.8 Å². The Kier molecular flexibility index (Phi) is 4.34. The second-order valence-corrected chi connectivity index (χ2v) is 6.12. The molecule has 0 amide bonds. The quantitative estimate of drug-likeness (QED) is 0.731. The van der Waals surface area contributed by atoms with Gasteiger partial charge >= 0.3 is 0 Å². The van der Waals surface area contributed by atoms with Crippen molar-refractivity contribution in [3.63, 3.8) is 0 Å². The Labute approximate surface area is 85.8 Å². The largest absolute Gasteiger partial charge is 0.395 e. The van der Waals surface area contributed by atoms with Crippen LogP contribution in [0.4, 0.5) is 0 Å². The second-order valence-electron chi connectivity index (χ2n) is 3.99. The fourth-order valence-corrected chi connectivity index (χ4v) is 2.80. The molecule has 0 spiro atoms. The summed E-state index contributed by atoms with van der Waals surface area (Å²) in [7, 11) is -3.31. The summed E-state index contributed by atoms with van der Waals surface area (Å²) in [6.45, 7) is 1.20. The van der Waals surface area contributed by atoms with Gasteiger partial charge in [0.2, 0.25) is 10.0 Å². The van der Waals surface area contributed by atoms with Crippen molar-refractivity contribution in [2.45, 2.75) is 50.3 Å². The topological polar surface area (TPSA) is 66.4 Å². The van der Waals surface area contributed by atoms with Gasteiger partial charge in [-0.2, -0.15) is 0 Å². The van der Waals surface area contributed by atoms with E-state index >= 15 is 0 Å². The van der Waals surface area contributed by atoms with Crippen LogP contribution in [-0.2, 0) is 10.0 Å². The molecule has 0 bridgehead atoms. The van der Waals surface area contributed by atoms with E-state index in [1.54, 1.807) is 0 Å². The minimum absolute atomic E-state index is 0.0859. The first-order valence-corrected chi connectivity index (χ1v) is 6.73. The summed E-state index contributed by atoms with van der Waals surface area (Å²) in [5.74, 6) is 0. The molecular weight excluding hydrogens is 202 g/mol. The molecule has 1 unspecified atom stereocenters. The molecule has 1 atom stereocenters. The Morgan fingerprint density at radius 1 is 1.36 bits per heavy atom. The molecule has 14 heavy (non-hydrogen) atoms. The predicted octanol–water partition coefficient (Wildman–Crippen LogP) is 0.619. The first-order chi connectivity index (χ1) is 6.56. The molecule has 1 fully saturated rings. The lowest BCUT2D eigenvalue weighted by Gasteiger charge is -2.24. The molecule has 4 nitrogen and oxygen atoms in total. The van der Waals surface area contributed by atoms with Crippen LogP contribution in [0.2, 0.25) is 0 Å². The first kappa shape index (κ1) is 11.9. The zero-order valence-electron chi connectivity index (χ0n) is 8.57. The van der Waals surface area contributed by atoms with E-state index in [9.17, 15) is 8.42 Å². The molecule has 0 aliphatic heterocycles. The summed E-state index contributed by atoms with van der Waals surface area (Å²) in [5, 5.41) is 8.08. The summed E-state index contributed by atoms with van der Waals surface area (Å²) >= 11 is 0. The third-order valence-corrected chi connectivity index (χ3v) is 4.59. The first-order valence-electron chi connectivity index (χ1n) is 5.18. The molecule has 1 aliphatic rings. The number of aliphatic hydroxyl groups excluding tert-OH is 1. The van der Waals surface area contributed by atoms with Crippen LogP contribution in [0.1, 0.15) is 39.0 Å². The predicted molar refractivity (Wildman–Crippen MR) is 55.5 cm³/mol. The number of nitrogens with one attached hydrogen (secondary N) is 1. The van der Waals surface area contributed by atoms with E-state index in [2.05, 4.69) is 4.72 Å². The molecule has 2 N–H and O–H groups in total. The van der Waals surface area contributed by atoms with Gasteiger partial charge in [0.25, 0.3) is 0 Å². The van der Waals surface area contributed by atoms with Gasteiger partial charge in [-0.3, -0.25) is 0 Å². The molecule has 0 aromatic rings. The van der Waals surface area contributed by atoms with Crippen LogP contribution < -0.4 is 4.72 Å². The third-order valence-electron chi connectivity index (χ3n) is 2.72. The van der Waals surface area contributed by atoms with E-state index in [0.717, 1.165) is 25.7 Å². The lowest BCUT2D eigenvalue weighted by molar-refractivity contribution is 0.293. The Morgan fingerprint density at radius 2 is 1.93 bits per heavy atom. The number of hydrogen-bond donors (Lipinski definition) is 2. The number of hydrogen-bond acceptors (Lipinski definition) is 3. The average molecular weight is 221 g/mol. The Balaban J connectivity index is 2.49. The summed E-state index contributed by atoms with van der Waals surface area (Å²) in [5.41, 5.74) is 0. The molecule has 1 aliphatic carbocycles. The minimum Gasteiger partial charge on any atom is -0.395 e. The number of sulfonamides is 1. The van der Waals surface area contributed by atoms with Crippen molar-refractivity contribution in [1.82, 2.24) is 4.72 Å². The van der Waals surface area contributed by atoms with Crippen LogP contribution in [0.3, 0.4) is 0 Å². The normalized spacial score (nSPS) is 22.1. The fourth-order valence-electron chi connectivity index (χ4n) is 1.67. The van der Waals surface area contributed by atoms with Crippen molar-refractivity contribution in [3.8, 4) is 0 Å². The van der Waals surface area contributed by atoms with Crippen LogP contribution in [0.15, 0.2) is 0 Å². The van der Waals surface area contributed by atoms with Gasteiger partial charge in [-0.15, -0.1) is 0 Å². The van der Waals surface area contributed by atoms with Gasteiger partial charge in [-0.1, -0.05) is 19.3 Å². The van der Waals surface area contributed by atoms with Crippen LogP contribution in [0, 0.1) is 0 Å². The average Bonchev–Trinajstić information content (AvgIpc) is 2.17. The van der Waals surface area contributed by atoms with Gasteiger partial charge in [0.15, 0.2) is 0 Å². The van der Waals surface area contributed by atoms with Gasteiger partial charge in [0.1, 0.15) is 0 Å². The molecule has 0 saturated heterocycles. The zero-order valence-corrected chi connectivity index (χ0v) is 9.39. The summed E-state index contributed by atoms with van der Waals surface area (Å²) < 4.78 is 25.8. The van der Waals surface area contributed by atoms with Gasteiger partial charge in [-0.25, -0.2) is 13.1 Å². The van der Waals surface area contributed by atoms with Crippen LogP contribution in [0.5, 0.6) is 0 Å². The van der Waals surface area contributed by atoms with Crippen molar-refractivity contribution in [3.05, 3.63) is 0 Å². The maximum absolute atomic E-state index is 11.6. The number of aliphatic hydroxyl groups is 1. The summed E-state index contributed by atoms with van der Waals surface area (Å²) in [6.07, 6.45) is 5.25. The van der Waals surface area contributed by atoms with E-state index in [1.807, 2.05) is 0 Å². The van der Waals surface area contributed by atoms with E-state index < -0.39 is 15.3 Å². The van der Waals surface area contributed by atoms with Crippen LogP contribution in [-0.4, -0.2) is 31.4 Å². The molecule has 84 valence electrons. The third kappa shape index (κ3) is 3.22. The smallest absolute Gasteiger partial charge is 0.216 e. The molecular formula is C9H19NO3S. The maximum atomic E-state index is 11.6. The second kappa shape index (κ2) is 5.09. The van der Waals surface area contributed by atoms with Crippen LogP contribution >= 0.6 is 0 Å². The van der Waals surface area contributed by atoms with E-state index in [1.165, 1.54) is 13.3 Å². The van der Waals surface area contributed by atoms with E-state index in [0.29, 0.717) is 0 Å².